The molecule has 0 aliphatic rings. The first-order valence-electron chi connectivity index (χ1n) is 7.14. The van der Waals surface area contributed by atoms with Crippen molar-refractivity contribution in [2.45, 2.75) is 12.8 Å². The van der Waals surface area contributed by atoms with Gasteiger partial charge in [-0.15, -0.1) is 6.42 Å². The second-order valence-corrected chi connectivity index (χ2v) is 4.73. The fourth-order valence-corrected chi connectivity index (χ4v) is 1.93. The van der Waals surface area contributed by atoms with Crippen molar-refractivity contribution in [2.24, 2.45) is 0 Å². The highest BCUT2D eigenvalue weighted by atomic mass is 16.5. The smallest absolute Gasteiger partial charge is 0.311 e. The summed E-state index contributed by atoms with van der Waals surface area (Å²) in [4.78, 5) is 22.9. The summed E-state index contributed by atoms with van der Waals surface area (Å²) in [5.74, 6) is 1.62. The molecule has 2 rings (SSSR count). The van der Waals surface area contributed by atoms with Crippen LogP contribution in [-0.4, -0.2) is 18.5 Å². The predicted molar refractivity (Wildman–Crippen MR) is 86.5 cm³/mol. The van der Waals surface area contributed by atoms with Crippen LogP contribution in [0.4, 0.5) is 0 Å². The maximum absolute atomic E-state index is 11.7. The number of esters is 2. The fraction of sp³-hybridized carbons (Fsp3) is 0.158. The van der Waals surface area contributed by atoms with Crippen molar-refractivity contribution in [3.8, 4) is 29.2 Å². The molecule has 0 N–H and O–H groups in total. The zero-order valence-corrected chi connectivity index (χ0v) is 12.5. The van der Waals surface area contributed by atoms with Gasteiger partial charge in [0.2, 0.25) is 0 Å². The van der Waals surface area contributed by atoms with Crippen LogP contribution in [0, 0.1) is 12.3 Å². The van der Waals surface area contributed by atoms with Gasteiger partial charge in [0.25, 0.3) is 0 Å². The van der Waals surface area contributed by atoms with E-state index >= 15 is 0 Å². The normalized spacial score (nSPS) is 9.70. The van der Waals surface area contributed by atoms with E-state index in [1.165, 1.54) is 0 Å². The average molecular weight is 308 g/mol. The molecule has 0 atom stereocenters. The Morgan fingerprint density at radius 3 is 2.13 bits per heavy atom. The summed E-state index contributed by atoms with van der Waals surface area (Å²) >= 11 is 0. The first kappa shape index (κ1) is 16.3. The van der Waals surface area contributed by atoms with Crippen LogP contribution in [-0.2, 0) is 14.3 Å². The molecule has 0 unspecified atom stereocenters. The van der Waals surface area contributed by atoms with E-state index in [0.717, 1.165) is 11.1 Å². The molecular formula is C19H16O4. The van der Waals surface area contributed by atoms with Crippen LogP contribution in [0.25, 0.3) is 11.1 Å². The molecule has 4 heteroatoms. The van der Waals surface area contributed by atoms with Crippen LogP contribution >= 0.6 is 0 Å². The number of rotatable bonds is 6. The van der Waals surface area contributed by atoms with E-state index in [2.05, 4.69) is 10.7 Å². The predicted octanol–water partition coefficient (Wildman–Crippen LogP) is 3.22. The molecule has 0 radical (unpaired) electrons. The van der Waals surface area contributed by atoms with E-state index < -0.39 is 11.9 Å². The van der Waals surface area contributed by atoms with Gasteiger partial charge >= 0.3 is 11.9 Å². The lowest BCUT2D eigenvalue weighted by atomic mass is 10.1. The zero-order chi connectivity index (χ0) is 16.5. The average Bonchev–Trinajstić information content (AvgIpc) is 2.59. The number of hydrogen-bond donors (Lipinski definition) is 0. The van der Waals surface area contributed by atoms with E-state index in [9.17, 15) is 9.59 Å². The van der Waals surface area contributed by atoms with Gasteiger partial charge in [-0.2, -0.15) is 0 Å². The molecule has 0 fully saturated rings. The molecule has 0 bridgehead atoms. The Labute approximate surface area is 135 Å². The zero-order valence-electron chi connectivity index (χ0n) is 12.5. The monoisotopic (exact) mass is 308 g/mol. The van der Waals surface area contributed by atoms with E-state index in [-0.39, 0.29) is 19.4 Å². The van der Waals surface area contributed by atoms with Crippen molar-refractivity contribution >= 4 is 11.9 Å². The second-order valence-electron chi connectivity index (χ2n) is 4.73. The Bertz CT molecular complexity index is 696. The molecule has 0 spiro atoms. The van der Waals surface area contributed by atoms with Gasteiger partial charge in [-0.3, -0.25) is 9.59 Å². The molecule has 116 valence electrons. The number of benzene rings is 2. The molecule has 0 aliphatic heterocycles. The van der Waals surface area contributed by atoms with Crippen LogP contribution in [0.3, 0.4) is 0 Å². The Hall–Kier alpha value is -3.06. The minimum Gasteiger partial charge on any atom is -0.452 e. The van der Waals surface area contributed by atoms with Crippen LogP contribution in [0.2, 0.25) is 0 Å². The van der Waals surface area contributed by atoms with Crippen LogP contribution < -0.4 is 4.74 Å². The van der Waals surface area contributed by atoms with E-state index in [1.807, 2.05) is 42.5 Å². The molecular weight excluding hydrogens is 292 g/mol. The minimum absolute atomic E-state index is 0.0517. The summed E-state index contributed by atoms with van der Waals surface area (Å²) in [6.07, 6.45) is 4.87. The third-order valence-corrected chi connectivity index (χ3v) is 3.04. The Morgan fingerprint density at radius 1 is 0.870 bits per heavy atom. The van der Waals surface area contributed by atoms with Crippen LogP contribution in [0.15, 0.2) is 54.6 Å². The number of ether oxygens (including phenoxy) is 2. The highest BCUT2D eigenvalue weighted by Crippen LogP contribution is 2.22. The maximum Gasteiger partial charge on any atom is 0.311 e. The maximum atomic E-state index is 11.7. The third kappa shape index (κ3) is 5.33. The quantitative estimate of drug-likeness (QED) is 0.467. The van der Waals surface area contributed by atoms with Crippen molar-refractivity contribution < 1.29 is 19.1 Å². The highest BCUT2D eigenvalue weighted by Gasteiger charge is 2.10. The molecule has 23 heavy (non-hydrogen) atoms. The lowest BCUT2D eigenvalue weighted by molar-refractivity contribution is -0.145. The summed E-state index contributed by atoms with van der Waals surface area (Å²) in [6, 6.07) is 17.1. The summed E-state index contributed by atoms with van der Waals surface area (Å²) in [5, 5.41) is 0. The van der Waals surface area contributed by atoms with E-state index in [1.54, 1.807) is 12.1 Å². The molecule has 4 nitrogen and oxygen atoms in total. The van der Waals surface area contributed by atoms with Gasteiger partial charge in [-0.1, -0.05) is 48.4 Å². The Balaban J connectivity index is 1.85. The van der Waals surface area contributed by atoms with E-state index in [4.69, 9.17) is 11.2 Å². The van der Waals surface area contributed by atoms with Gasteiger partial charge in [0.1, 0.15) is 5.75 Å². The number of carbonyl (C=O) groups excluding carboxylic acids is 2. The van der Waals surface area contributed by atoms with Crippen molar-refractivity contribution in [1.29, 1.82) is 0 Å². The van der Waals surface area contributed by atoms with Gasteiger partial charge in [0, 0.05) is 0 Å². The standard InChI is InChI=1S/C19H16O4/c1-2-14-22-18(20)12-13-19(21)23-17-10-8-16(9-11-17)15-6-4-3-5-7-15/h1,3-11H,12-14H2. The molecule has 0 amide bonds. The molecule has 2 aromatic carbocycles. The third-order valence-electron chi connectivity index (χ3n) is 3.04. The van der Waals surface area contributed by atoms with Gasteiger partial charge in [0.15, 0.2) is 6.61 Å². The van der Waals surface area contributed by atoms with Crippen LogP contribution in [0.5, 0.6) is 5.75 Å². The molecule has 0 heterocycles. The first-order chi connectivity index (χ1) is 11.2. The van der Waals surface area contributed by atoms with Gasteiger partial charge in [0.05, 0.1) is 12.8 Å². The van der Waals surface area contributed by atoms with Gasteiger partial charge in [-0.05, 0) is 23.3 Å². The Morgan fingerprint density at radius 2 is 1.48 bits per heavy atom. The fourth-order valence-electron chi connectivity index (χ4n) is 1.93. The molecule has 0 saturated heterocycles. The molecule has 0 saturated carbocycles. The number of carbonyl (C=O) groups is 2. The lowest BCUT2D eigenvalue weighted by Crippen LogP contribution is -2.12. The molecule has 0 aromatic heterocycles. The lowest BCUT2D eigenvalue weighted by Gasteiger charge is -2.06. The number of terminal acetylenes is 1. The summed E-state index contributed by atoms with van der Waals surface area (Å²) < 4.78 is 9.85. The van der Waals surface area contributed by atoms with Gasteiger partial charge in [-0.25, -0.2) is 0 Å². The van der Waals surface area contributed by atoms with Crippen molar-refractivity contribution in [3.63, 3.8) is 0 Å². The first-order valence-corrected chi connectivity index (χ1v) is 7.14. The molecule has 0 aliphatic carbocycles. The number of hydrogen-bond acceptors (Lipinski definition) is 4. The summed E-state index contributed by atoms with van der Waals surface area (Å²) in [5.41, 5.74) is 2.12. The minimum atomic E-state index is -0.515. The van der Waals surface area contributed by atoms with Crippen molar-refractivity contribution in [1.82, 2.24) is 0 Å². The van der Waals surface area contributed by atoms with E-state index in [0.29, 0.717) is 5.75 Å². The summed E-state index contributed by atoms with van der Waals surface area (Å²) in [7, 11) is 0. The topological polar surface area (TPSA) is 52.6 Å². The SMILES string of the molecule is C#CCOC(=O)CCC(=O)Oc1ccc(-c2ccccc2)cc1. The van der Waals surface area contributed by atoms with Gasteiger partial charge < -0.3 is 9.47 Å². The summed E-state index contributed by atoms with van der Waals surface area (Å²) in [6.45, 7) is -0.0885. The van der Waals surface area contributed by atoms with Crippen molar-refractivity contribution in [3.05, 3.63) is 54.6 Å². The largest absolute Gasteiger partial charge is 0.452 e. The van der Waals surface area contributed by atoms with Crippen LogP contribution in [0.1, 0.15) is 12.8 Å². The van der Waals surface area contributed by atoms with Crippen molar-refractivity contribution in [2.75, 3.05) is 6.61 Å². The highest BCUT2D eigenvalue weighted by molar-refractivity contribution is 5.79. The molecule has 2 aromatic rings. The Kier molecular flexibility index (Phi) is 5.96. The second kappa shape index (κ2) is 8.40.